The molecular weight excluding hydrogens is 264 g/mol. The molecule has 4 heteroatoms. The van der Waals surface area contributed by atoms with Gasteiger partial charge < -0.3 is 10.1 Å². The average molecular weight is 280 g/mol. The van der Waals surface area contributed by atoms with Crippen LogP contribution in [0.3, 0.4) is 0 Å². The van der Waals surface area contributed by atoms with Crippen LogP contribution in [0.2, 0.25) is 0 Å². The smallest absolute Gasteiger partial charge is 0.252 e. The first-order valence-electron chi connectivity index (χ1n) is 6.55. The summed E-state index contributed by atoms with van der Waals surface area (Å²) < 4.78 is 5.21. The maximum atomic E-state index is 12.2. The number of carbonyl (C=O) groups excluding carboxylic acids is 1. The second-order valence-corrected chi connectivity index (χ2v) is 4.63. The molecule has 2 rings (SSSR count). The van der Waals surface area contributed by atoms with Crippen molar-refractivity contribution in [1.29, 1.82) is 5.26 Å². The standard InChI is InChI=1S/C17H16N2O2/c1-12-8-9-14(10-16(12)21-2)17(20)19-15(11-18)13-6-4-3-5-7-13/h3-10,15H,1-2H3,(H,19,20). The van der Waals surface area contributed by atoms with E-state index >= 15 is 0 Å². The Kier molecular flexibility index (Phi) is 4.57. The molecule has 0 bridgehead atoms. The SMILES string of the molecule is COc1cc(C(=O)NC(C#N)c2ccccc2)ccc1C. The van der Waals surface area contributed by atoms with Crippen molar-refractivity contribution in [2.75, 3.05) is 7.11 Å². The lowest BCUT2D eigenvalue weighted by molar-refractivity contribution is 0.0945. The molecule has 0 spiro atoms. The largest absolute Gasteiger partial charge is 0.496 e. The second-order valence-electron chi connectivity index (χ2n) is 4.63. The molecule has 0 heterocycles. The van der Waals surface area contributed by atoms with Crippen molar-refractivity contribution >= 4 is 5.91 Å². The van der Waals surface area contributed by atoms with Crippen molar-refractivity contribution in [3.05, 3.63) is 65.2 Å². The lowest BCUT2D eigenvalue weighted by atomic mass is 10.1. The molecule has 2 aromatic carbocycles. The molecule has 0 fully saturated rings. The van der Waals surface area contributed by atoms with E-state index in [0.717, 1.165) is 11.1 Å². The summed E-state index contributed by atoms with van der Waals surface area (Å²) in [6.07, 6.45) is 0. The molecule has 0 saturated carbocycles. The van der Waals surface area contributed by atoms with E-state index in [0.29, 0.717) is 11.3 Å². The van der Waals surface area contributed by atoms with Gasteiger partial charge in [0.05, 0.1) is 13.2 Å². The van der Waals surface area contributed by atoms with Crippen LogP contribution in [0.1, 0.15) is 27.5 Å². The first-order chi connectivity index (χ1) is 10.2. The van der Waals surface area contributed by atoms with Crippen LogP contribution in [0.5, 0.6) is 5.75 Å². The molecule has 1 atom stereocenters. The molecule has 1 N–H and O–H groups in total. The number of hydrogen-bond acceptors (Lipinski definition) is 3. The van der Waals surface area contributed by atoms with Gasteiger partial charge in [-0.3, -0.25) is 4.79 Å². The van der Waals surface area contributed by atoms with Gasteiger partial charge >= 0.3 is 0 Å². The molecule has 2 aromatic rings. The van der Waals surface area contributed by atoms with Gasteiger partial charge in [0.15, 0.2) is 0 Å². The Morgan fingerprint density at radius 2 is 1.95 bits per heavy atom. The summed E-state index contributed by atoms with van der Waals surface area (Å²) in [6, 6.07) is 15.8. The van der Waals surface area contributed by atoms with Crippen LogP contribution in [-0.4, -0.2) is 13.0 Å². The molecule has 0 aliphatic carbocycles. The molecule has 4 nitrogen and oxygen atoms in total. The average Bonchev–Trinajstić information content (AvgIpc) is 2.53. The number of nitriles is 1. The maximum Gasteiger partial charge on any atom is 0.252 e. The molecule has 106 valence electrons. The Morgan fingerprint density at radius 3 is 2.57 bits per heavy atom. The van der Waals surface area contributed by atoms with E-state index in [9.17, 15) is 10.1 Å². The number of nitrogens with zero attached hydrogens (tertiary/aromatic N) is 1. The fraction of sp³-hybridized carbons (Fsp3) is 0.176. The normalized spacial score (nSPS) is 11.3. The van der Waals surface area contributed by atoms with Gasteiger partial charge in [0.1, 0.15) is 11.8 Å². The van der Waals surface area contributed by atoms with E-state index < -0.39 is 6.04 Å². The predicted molar refractivity (Wildman–Crippen MR) is 80.0 cm³/mol. The van der Waals surface area contributed by atoms with E-state index in [1.165, 1.54) is 0 Å². The molecule has 1 amide bonds. The fourth-order valence-corrected chi connectivity index (χ4v) is 2.01. The fourth-order valence-electron chi connectivity index (χ4n) is 2.01. The van der Waals surface area contributed by atoms with Crippen molar-refractivity contribution in [1.82, 2.24) is 5.32 Å². The summed E-state index contributed by atoms with van der Waals surface area (Å²) in [6.45, 7) is 1.91. The number of nitrogens with one attached hydrogen (secondary N) is 1. The molecule has 0 aromatic heterocycles. The van der Waals surface area contributed by atoms with E-state index in [1.807, 2.05) is 43.3 Å². The Balaban J connectivity index is 2.19. The van der Waals surface area contributed by atoms with Gasteiger partial charge in [0, 0.05) is 5.56 Å². The number of ether oxygens (including phenoxy) is 1. The number of rotatable bonds is 4. The van der Waals surface area contributed by atoms with E-state index in [4.69, 9.17) is 4.74 Å². The number of hydrogen-bond donors (Lipinski definition) is 1. The van der Waals surface area contributed by atoms with Gasteiger partial charge in [0.2, 0.25) is 0 Å². The van der Waals surface area contributed by atoms with Gasteiger partial charge in [-0.25, -0.2) is 0 Å². The zero-order chi connectivity index (χ0) is 15.2. The predicted octanol–water partition coefficient (Wildman–Crippen LogP) is 3.00. The minimum absolute atomic E-state index is 0.302. The monoisotopic (exact) mass is 280 g/mol. The minimum Gasteiger partial charge on any atom is -0.496 e. The van der Waals surface area contributed by atoms with Gasteiger partial charge in [0.25, 0.3) is 5.91 Å². The highest BCUT2D eigenvalue weighted by Gasteiger charge is 2.15. The van der Waals surface area contributed by atoms with Gasteiger partial charge in [-0.15, -0.1) is 0 Å². The molecular formula is C17H16N2O2. The topological polar surface area (TPSA) is 62.1 Å². The number of aryl methyl sites for hydroxylation is 1. The highest BCUT2D eigenvalue weighted by atomic mass is 16.5. The van der Waals surface area contributed by atoms with Crippen molar-refractivity contribution in [2.24, 2.45) is 0 Å². The highest BCUT2D eigenvalue weighted by molar-refractivity contribution is 5.95. The Morgan fingerprint density at radius 1 is 1.24 bits per heavy atom. The molecule has 21 heavy (non-hydrogen) atoms. The van der Waals surface area contributed by atoms with Crippen molar-refractivity contribution in [3.63, 3.8) is 0 Å². The Hall–Kier alpha value is -2.80. The molecule has 1 unspecified atom stereocenters. The first kappa shape index (κ1) is 14.6. The van der Waals surface area contributed by atoms with Gasteiger partial charge in [-0.05, 0) is 30.2 Å². The lowest BCUT2D eigenvalue weighted by Gasteiger charge is -2.13. The van der Waals surface area contributed by atoms with Crippen LogP contribution < -0.4 is 10.1 Å². The number of amides is 1. The summed E-state index contributed by atoms with van der Waals surface area (Å²) in [7, 11) is 1.56. The van der Waals surface area contributed by atoms with E-state index in [2.05, 4.69) is 11.4 Å². The second kappa shape index (κ2) is 6.58. The van der Waals surface area contributed by atoms with E-state index in [-0.39, 0.29) is 5.91 Å². The summed E-state index contributed by atoms with van der Waals surface area (Å²) in [5, 5.41) is 11.9. The summed E-state index contributed by atoms with van der Waals surface area (Å²) in [5.74, 6) is 0.347. The van der Waals surface area contributed by atoms with Gasteiger partial charge in [-0.2, -0.15) is 5.26 Å². The molecule has 0 aliphatic rings. The number of benzene rings is 2. The number of methoxy groups -OCH3 is 1. The Labute approximate surface area is 124 Å². The van der Waals surface area contributed by atoms with Crippen LogP contribution in [0, 0.1) is 18.3 Å². The van der Waals surface area contributed by atoms with Crippen LogP contribution >= 0.6 is 0 Å². The summed E-state index contributed by atoms with van der Waals surface area (Å²) in [4.78, 5) is 12.2. The quantitative estimate of drug-likeness (QED) is 0.936. The number of carbonyl (C=O) groups is 1. The van der Waals surface area contributed by atoms with Gasteiger partial charge in [-0.1, -0.05) is 36.4 Å². The lowest BCUT2D eigenvalue weighted by Crippen LogP contribution is -2.27. The van der Waals surface area contributed by atoms with Crippen molar-refractivity contribution in [3.8, 4) is 11.8 Å². The molecule has 0 aliphatic heterocycles. The highest BCUT2D eigenvalue weighted by Crippen LogP contribution is 2.20. The third-order valence-electron chi connectivity index (χ3n) is 3.21. The third kappa shape index (κ3) is 3.40. The van der Waals surface area contributed by atoms with E-state index in [1.54, 1.807) is 19.2 Å². The summed E-state index contributed by atoms with van der Waals surface area (Å²) >= 11 is 0. The summed E-state index contributed by atoms with van der Waals surface area (Å²) in [5.41, 5.74) is 2.18. The minimum atomic E-state index is -0.675. The Bertz CT molecular complexity index is 675. The van der Waals surface area contributed by atoms with Crippen molar-refractivity contribution < 1.29 is 9.53 Å². The zero-order valence-electron chi connectivity index (χ0n) is 12.0. The maximum absolute atomic E-state index is 12.2. The van der Waals surface area contributed by atoms with Crippen LogP contribution in [-0.2, 0) is 0 Å². The molecule has 0 radical (unpaired) electrons. The van der Waals surface area contributed by atoms with Crippen LogP contribution in [0.4, 0.5) is 0 Å². The van der Waals surface area contributed by atoms with Crippen LogP contribution in [0.15, 0.2) is 48.5 Å². The first-order valence-corrected chi connectivity index (χ1v) is 6.55. The zero-order valence-corrected chi connectivity index (χ0v) is 12.0. The van der Waals surface area contributed by atoms with Crippen LogP contribution in [0.25, 0.3) is 0 Å². The van der Waals surface area contributed by atoms with Crippen molar-refractivity contribution in [2.45, 2.75) is 13.0 Å². The molecule has 0 saturated heterocycles. The third-order valence-corrected chi connectivity index (χ3v) is 3.21.